The van der Waals surface area contributed by atoms with E-state index >= 15 is 0 Å². The quantitative estimate of drug-likeness (QED) is 0.320. The Bertz CT molecular complexity index is 999. The number of hydrogen-bond acceptors (Lipinski definition) is 1. The molecule has 34 heavy (non-hydrogen) atoms. The van der Waals surface area contributed by atoms with E-state index in [4.69, 9.17) is 24.0 Å². The minimum absolute atomic E-state index is 0.311. The zero-order valence-electron chi connectivity index (χ0n) is 21.7. The predicted octanol–water partition coefficient (Wildman–Crippen LogP) is 5.72. The molecule has 0 amide bonds. The van der Waals surface area contributed by atoms with E-state index in [-0.39, 0.29) is 21.8 Å². The van der Waals surface area contributed by atoms with Crippen LogP contribution in [-0.2, 0) is 21.8 Å². The third-order valence-corrected chi connectivity index (χ3v) is 39.9. The number of halogens is 2. The fraction of sp³-hybridized carbons (Fsp3) is 0.429. The van der Waals surface area contributed by atoms with Crippen molar-refractivity contribution in [2.75, 3.05) is 0 Å². The van der Waals surface area contributed by atoms with E-state index in [0.717, 1.165) is 0 Å². The molecule has 0 aliphatic heterocycles. The normalized spacial score (nSPS) is 15.5. The van der Waals surface area contributed by atoms with Crippen LogP contribution in [-0.4, -0.2) is 58.4 Å². The van der Waals surface area contributed by atoms with Gasteiger partial charge in [0, 0.05) is 0 Å². The predicted molar refractivity (Wildman–Crippen MR) is 164 cm³/mol. The average Bonchev–Trinajstić information content (AvgIpc) is 2.71. The molecule has 0 bridgehead atoms. The zero-order valence-corrected chi connectivity index (χ0v) is 32.0. The summed E-state index contributed by atoms with van der Waals surface area (Å²) in [5.74, 6) is 0. The van der Waals surface area contributed by atoms with Gasteiger partial charge in [-0.2, -0.15) is 0 Å². The molecule has 13 heteroatoms. The summed E-state index contributed by atoms with van der Waals surface area (Å²) in [5, 5.41) is 0. The maximum absolute atomic E-state index is 7.69. The summed E-state index contributed by atoms with van der Waals surface area (Å²) in [6.07, 6.45) is 0. The van der Waals surface area contributed by atoms with Gasteiger partial charge < -0.3 is 0 Å². The van der Waals surface area contributed by atoms with E-state index < -0.39 is 53.3 Å². The van der Waals surface area contributed by atoms with E-state index in [0.29, 0.717) is 0 Å². The van der Waals surface area contributed by atoms with Gasteiger partial charge in [0.2, 0.25) is 0 Å². The van der Waals surface area contributed by atoms with Gasteiger partial charge in [-0.25, -0.2) is 0 Å². The molecular weight excluding hydrogens is 673 g/mol. The summed E-state index contributed by atoms with van der Waals surface area (Å²) in [7, 11) is 8.68. The van der Waals surface area contributed by atoms with Crippen LogP contribution in [0.4, 0.5) is 0 Å². The molecule has 2 aromatic rings. The first-order valence-corrected chi connectivity index (χ1v) is 32.3. The van der Waals surface area contributed by atoms with E-state index in [1.165, 1.54) is 9.79 Å². The number of nitrogens with one attached hydrogen (secondary N) is 1. The van der Waals surface area contributed by atoms with Gasteiger partial charge >= 0.3 is 238 Å². The van der Waals surface area contributed by atoms with E-state index in [9.17, 15) is 0 Å². The van der Waals surface area contributed by atoms with Crippen LogP contribution in [0.15, 0.2) is 74.5 Å². The van der Waals surface area contributed by atoms with Crippen LogP contribution >= 0.6 is 20.0 Å². The Morgan fingerprint density at radius 1 is 0.824 bits per heavy atom. The first-order chi connectivity index (χ1) is 15.6. The van der Waals surface area contributed by atoms with Crippen molar-refractivity contribution in [3.63, 3.8) is 0 Å². The van der Waals surface area contributed by atoms with Gasteiger partial charge in [0.15, 0.2) is 0 Å². The van der Waals surface area contributed by atoms with Crippen molar-refractivity contribution in [2.24, 2.45) is 4.03 Å². The van der Waals surface area contributed by atoms with Crippen molar-refractivity contribution in [2.45, 2.75) is 68.7 Å². The van der Waals surface area contributed by atoms with Gasteiger partial charge in [-0.15, -0.1) is 0 Å². The number of hydrogen-bond donors (Lipinski definition) is 1. The van der Waals surface area contributed by atoms with E-state index in [1.807, 2.05) is 0 Å². The van der Waals surface area contributed by atoms with Gasteiger partial charge in [-0.05, 0) is 0 Å². The Morgan fingerprint density at radius 2 is 1.29 bits per heavy atom. The number of nitrogens with zero attached hydrogens (tertiary/aromatic N) is 3. The molecule has 0 spiro atoms. The number of rotatable bonds is 10. The molecule has 3 radical (unpaired) electrons. The second-order valence-corrected chi connectivity index (χ2v) is 41.1. The maximum atomic E-state index is 7.69. The summed E-state index contributed by atoms with van der Waals surface area (Å²) in [6, 6.07) is 21.5. The first kappa shape index (κ1) is 31.2. The van der Waals surface area contributed by atoms with Gasteiger partial charge in [0.25, 0.3) is 0 Å². The van der Waals surface area contributed by atoms with Gasteiger partial charge in [-0.3, -0.25) is 0 Å². The summed E-state index contributed by atoms with van der Waals surface area (Å²) >= 11 is -3.43. The first-order valence-electron chi connectivity index (χ1n) is 11.2. The summed E-state index contributed by atoms with van der Waals surface area (Å²) in [5.41, 5.74) is 0. The van der Waals surface area contributed by atoms with E-state index in [1.54, 1.807) is 0 Å². The van der Waals surface area contributed by atoms with Gasteiger partial charge in [0.05, 0.1) is 0 Å². The van der Waals surface area contributed by atoms with Crippen molar-refractivity contribution < 1.29 is 4.03 Å². The van der Waals surface area contributed by atoms with Crippen LogP contribution in [0.3, 0.4) is 0 Å². The summed E-state index contributed by atoms with van der Waals surface area (Å²) in [4.78, 5) is 2.54. The van der Waals surface area contributed by atoms with Crippen molar-refractivity contribution in [3.8, 4) is 0 Å². The van der Waals surface area contributed by atoms with Crippen molar-refractivity contribution in [1.29, 1.82) is 0 Å². The Balaban J connectivity index is 2.73. The topological polar surface area (TPSA) is 32.8 Å². The molecule has 187 valence electrons. The standard InChI is InChI=1S/C21H37Cl2Ge2N4S2Si3/c1-32(2,3)26-30(20-16-12-10-13-17-20)28(24-22)25(23)29(34(7,8)9)31(27-33(4,5)6)21-18-14-11-15-19-21/h10-19H,1-9H3/p+1/t30-,31-/m0/s1. The Hall–Kier alpha value is 0.976. The van der Waals surface area contributed by atoms with Crippen LogP contribution in [0.2, 0.25) is 58.9 Å². The van der Waals surface area contributed by atoms with Crippen molar-refractivity contribution in [3.05, 3.63) is 60.7 Å². The monoisotopic (exact) mass is 712 g/mol. The fourth-order valence-corrected chi connectivity index (χ4v) is 41.9. The summed E-state index contributed by atoms with van der Waals surface area (Å²) in [6.45, 7) is 21.2. The SMILES string of the molecule is C[Si](C)(C)/N=[S@](\c1ccccc1)[N]([Ge]([Cl])[N]([Ge][Cl])/[S@](=[NH+]/[Si](C)(C)C)c1ccccc1)[Si](C)(C)C. The second-order valence-electron chi connectivity index (χ2n) is 10.9. The van der Waals surface area contributed by atoms with Crippen molar-refractivity contribution >= 4 is 95.1 Å². The van der Waals surface area contributed by atoms with Gasteiger partial charge in [-0.1, -0.05) is 0 Å². The van der Waals surface area contributed by atoms with Crippen LogP contribution in [0.5, 0.6) is 0 Å². The third-order valence-electron chi connectivity index (χ3n) is 4.06. The molecule has 1 N–H and O–H groups in total. The molecule has 0 heterocycles. The number of benzene rings is 2. The van der Waals surface area contributed by atoms with Crippen molar-refractivity contribution in [1.82, 2.24) is 5.15 Å². The average molecular weight is 711 g/mol. The van der Waals surface area contributed by atoms with Gasteiger partial charge in [0.1, 0.15) is 0 Å². The molecule has 0 saturated heterocycles. The molecule has 2 rings (SSSR count). The Kier molecular flexibility index (Phi) is 12.1. The van der Waals surface area contributed by atoms with Crippen LogP contribution in [0, 0.1) is 0 Å². The Morgan fingerprint density at radius 3 is 1.68 bits per heavy atom. The molecule has 4 nitrogen and oxygen atoms in total. The summed E-state index contributed by atoms with van der Waals surface area (Å²) < 4.78 is 14.7. The van der Waals surface area contributed by atoms with Crippen LogP contribution < -0.4 is 4.03 Å². The molecule has 2 aromatic carbocycles. The minimum atomic E-state index is -2.52. The Labute approximate surface area is 235 Å². The fourth-order valence-electron chi connectivity index (χ4n) is 2.88. The van der Waals surface area contributed by atoms with Crippen LogP contribution in [0.1, 0.15) is 0 Å². The second kappa shape index (κ2) is 13.2. The van der Waals surface area contributed by atoms with Crippen LogP contribution in [0.25, 0.3) is 0 Å². The molecule has 2 atom stereocenters. The molecular formula is C21H38Cl2Ge2N4S2Si3+. The zero-order chi connectivity index (χ0) is 25.7. The molecule has 0 fully saturated rings. The molecule has 0 aromatic heterocycles. The molecule has 0 aliphatic carbocycles. The molecule has 0 saturated carbocycles. The molecule has 0 unspecified atom stereocenters. The molecule has 0 aliphatic rings. The third kappa shape index (κ3) is 9.69. The van der Waals surface area contributed by atoms with E-state index in [2.05, 4.69) is 129 Å².